The van der Waals surface area contributed by atoms with Gasteiger partial charge in [0.25, 0.3) is 6.43 Å². The van der Waals surface area contributed by atoms with Crippen molar-refractivity contribution in [3.05, 3.63) is 35.6 Å². The fraction of sp³-hybridized carbons (Fsp3) is 0.588. The van der Waals surface area contributed by atoms with Crippen LogP contribution in [0.25, 0.3) is 0 Å². The Hall–Kier alpha value is -1.52. The molecule has 0 heterocycles. The Bertz CT molecular complexity index is 481. The summed E-state index contributed by atoms with van der Waals surface area (Å²) in [6, 6.07) is 5.52. The molecule has 0 N–H and O–H groups in total. The maximum Gasteiger partial charge on any atom is 0.315 e. The number of rotatable bonds is 5. The third-order valence-corrected chi connectivity index (χ3v) is 4.54. The lowest BCUT2D eigenvalue weighted by molar-refractivity contribution is -0.153. The van der Waals surface area contributed by atoms with Crippen LogP contribution in [0.3, 0.4) is 0 Å². The first-order chi connectivity index (χ1) is 10.5. The van der Waals surface area contributed by atoms with Gasteiger partial charge < -0.3 is 4.74 Å². The van der Waals surface area contributed by atoms with Crippen molar-refractivity contribution >= 4 is 5.97 Å². The minimum absolute atomic E-state index is 0.00249. The molecule has 122 valence electrons. The Balaban J connectivity index is 2.38. The van der Waals surface area contributed by atoms with Crippen molar-refractivity contribution in [1.29, 1.82) is 0 Å². The first kappa shape index (κ1) is 16.8. The molecule has 1 aromatic rings. The smallest absolute Gasteiger partial charge is 0.315 e. The van der Waals surface area contributed by atoms with Gasteiger partial charge in [0.1, 0.15) is 11.7 Å². The molecule has 2 rings (SSSR count). The van der Waals surface area contributed by atoms with Crippen LogP contribution < -0.4 is 0 Å². The molecule has 0 radical (unpaired) electrons. The molecule has 1 aliphatic rings. The summed E-state index contributed by atoms with van der Waals surface area (Å²) in [6.45, 7) is 0. The fourth-order valence-electron chi connectivity index (χ4n) is 3.49. The lowest BCUT2D eigenvalue weighted by Gasteiger charge is -2.34. The summed E-state index contributed by atoms with van der Waals surface area (Å²) in [6.07, 6.45) is 1.85. The number of hydrogen-bond donors (Lipinski definition) is 0. The molecule has 0 aliphatic heterocycles. The Kier molecular flexibility index (Phi) is 5.86. The van der Waals surface area contributed by atoms with Gasteiger partial charge in [-0.05, 0) is 36.5 Å². The maximum absolute atomic E-state index is 13.5. The molecule has 2 atom stereocenters. The van der Waals surface area contributed by atoms with E-state index in [9.17, 15) is 18.0 Å². The quantitative estimate of drug-likeness (QED) is 0.746. The van der Waals surface area contributed by atoms with E-state index in [1.54, 1.807) is 0 Å². The van der Waals surface area contributed by atoms with Crippen LogP contribution in [-0.2, 0) is 9.53 Å². The molecule has 1 saturated carbocycles. The zero-order chi connectivity index (χ0) is 16.1. The predicted octanol–water partition coefficient (Wildman–Crippen LogP) is 4.54. The Morgan fingerprint density at radius 1 is 1.14 bits per heavy atom. The van der Waals surface area contributed by atoms with Crippen LogP contribution >= 0.6 is 0 Å². The van der Waals surface area contributed by atoms with Crippen molar-refractivity contribution in [3.8, 4) is 0 Å². The zero-order valence-corrected chi connectivity index (χ0v) is 12.6. The number of hydrogen-bond acceptors (Lipinski definition) is 2. The number of methoxy groups -OCH3 is 1. The number of esters is 1. The number of ether oxygens (including phenoxy) is 1. The molecule has 22 heavy (non-hydrogen) atoms. The van der Waals surface area contributed by atoms with Crippen LogP contribution in [-0.4, -0.2) is 19.5 Å². The largest absolute Gasteiger partial charge is 0.469 e. The summed E-state index contributed by atoms with van der Waals surface area (Å²) in [7, 11) is 1.13. The number of carbonyl (C=O) groups is 1. The molecule has 0 saturated heterocycles. The average molecular weight is 314 g/mol. The third-order valence-electron chi connectivity index (χ3n) is 4.54. The van der Waals surface area contributed by atoms with Gasteiger partial charge in [0.05, 0.1) is 7.11 Å². The molecule has 0 aromatic heterocycles. The average Bonchev–Trinajstić information content (AvgIpc) is 2.53. The van der Waals surface area contributed by atoms with E-state index in [1.165, 1.54) is 24.3 Å². The minimum Gasteiger partial charge on any atom is -0.469 e. The lowest BCUT2D eigenvalue weighted by atomic mass is 9.71. The molecule has 5 heteroatoms. The molecule has 1 fully saturated rings. The van der Waals surface area contributed by atoms with Gasteiger partial charge in [0.15, 0.2) is 0 Å². The van der Waals surface area contributed by atoms with Gasteiger partial charge in [-0.1, -0.05) is 31.4 Å². The van der Waals surface area contributed by atoms with Gasteiger partial charge in [-0.25, -0.2) is 13.2 Å². The molecule has 2 unspecified atom stereocenters. The van der Waals surface area contributed by atoms with Gasteiger partial charge in [-0.15, -0.1) is 0 Å². The molecule has 1 aliphatic carbocycles. The Morgan fingerprint density at radius 3 is 2.23 bits per heavy atom. The highest BCUT2D eigenvalue weighted by atomic mass is 19.3. The number of halogens is 3. The summed E-state index contributed by atoms with van der Waals surface area (Å²) in [5.41, 5.74) is 0.587. The molecular formula is C17H21F3O2. The molecule has 2 nitrogen and oxygen atoms in total. The molecule has 1 aromatic carbocycles. The monoisotopic (exact) mass is 314 g/mol. The fourth-order valence-corrected chi connectivity index (χ4v) is 3.49. The van der Waals surface area contributed by atoms with E-state index in [2.05, 4.69) is 4.74 Å². The van der Waals surface area contributed by atoms with Crippen molar-refractivity contribution < 1.29 is 22.7 Å². The van der Waals surface area contributed by atoms with E-state index < -0.39 is 30.0 Å². The van der Waals surface area contributed by atoms with E-state index in [1.807, 2.05) is 0 Å². The Morgan fingerprint density at radius 2 is 1.73 bits per heavy atom. The van der Waals surface area contributed by atoms with E-state index in [0.717, 1.165) is 39.2 Å². The standard InChI is InChI=1S/C17H21F3O2/c1-22-17(21)15(16(19)20)14(11-5-3-2-4-6-11)12-7-9-13(18)10-8-12/h7-11,14-16H,2-6H2,1H3. The van der Waals surface area contributed by atoms with Gasteiger partial charge in [0.2, 0.25) is 0 Å². The van der Waals surface area contributed by atoms with Crippen LogP contribution in [0.4, 0.5) is 13.2 Å². The van der Waals surface area contributed by atoms with E-state index in [4.69, 9.17) is 0 Å². The highest BCUT2D eigenvalue weighted by Crippen LogP contribution is 2.43. The van der Waals surface area contributed by atoms with Gasteiger partial charge in [0, 0.05) is 5.92 Å². The van der Waals surface area contributed by atoms with Crippen molar-refractivity contribution in [2.75, 3.05) is 7.11 Å². The summed E-state index contributed by atoms with van der Waals surface area (Å²) in [5.74, 6) is -3.45. The van der Waals surface area contributed by atoms with E-state index in [0.29, 0.717) is 5.56 Å². The van der Waals surface area contributed by atoms with Crippen LogP contribution in [0.5, 0.6) is 0 Å². The van der Waals surface area contributed by atoms with Crippen molar-refractivity contribution in [1.82, 2.24) is 0 Å². The molecule has 0 spiro atoms. The van der Waals surface area contributed by atoms with Crippen LogP contribution in [0.15, 0.2) is 24.3 Å². The second-order valence-electron chi connectivity index (χ2n) is 5.86. The summed E-state index contributed by atoms with van der Waals surface area (Å²) < 4.78 is 44.8. The first-order valence-electron chi connectivity index (χ1n) is 7.66. The summed E-state index contributed by atoms with van der Waals surface area (Å²) in [5, 5.41) is 0. The van der Waals surface area contributed by atoms with Gasteiger partial charge >= 0.3 is 5.97 Å². The zero-order valence-electron chi connectivity index (χ0n) is 12.6. The molecule has 0 amide bonds. The van der Waals surface area contributed by atoms with Crippen molar-refractivity contribution in [2.24, 2.45) is 11.8 Å². The van der Waals surface area contributed by atoms with Crippen LogP contribution in [0.2, 0.25) is 0 Å². The van der Waals surface area contributed by atoms with Crippen LogP contribution in [0, 0.1) is 17.7 Å². The molecular weight excluding hydrogens is 293 g/mol. The maximum atomic E-state index is 13.5. The summed E-state index contributed by atoms with van der Waals surface area (Å²) in [4.78, 5) is 11.9. The van der Waals surface area contributed by atoms with Crippen molar-refractivity contribution in [3.63, 3.8) is 0 Å². The second-order valence-corrected chi connectivity index (χ2v) is 5.86. The van der Waals surface area contributed by atoms with E-state index in [-0.39, 0.29) is 5.92 Å². The molecule has 0 bridgehead atoms. The lowest BCUT2D eigenvalue weighted by Crippen LogP contribution is -2.35. The van der Waals surface area contributed by atoms with Gasteiger partial charge in [-0.3, -0.25) is 4.79 Å². The van der Waals surface area contributed by atoms with Crippen LogP contribution in [0.1, 0.15) is 43.6 Å². The topological polar surface area (TPSA) is 26.3 Å². The predicted molar refractivity (Wildman–Crippen MR) is 77.2 cm³/mol. The van der Waals surface area contributed by atoms with E-state index >= 15 is 0 Å². The number of alkyl halides is 2. The second kappa shape index (κ2) is 7.65. The SMILES string of the molecule is COC(=O)C(C(F)F)C(c1ccc(F)cc1)C1CCCCC1. The third kappa shape index (κ3) is 3.81. The normalized spacial score (nSPS) is 19.0. The number of benzene rings is 1. The first-order valence-corrected chi connectivity index (χ1v) is 7.66. The number of carbonyl (C=O) groups excluding carboxylic acids is 1. The van der Waals surface area contributed by atoms with Gasteiger partial charge in [-0.2, -0.15) is 0 Å². The highest BCUT2D eigenvalue weighted by Gasteiger charge is 2.42. The van der Waals surface area contributed by atoms with Crippen molar-refractivity contribution in [2.45, 2.75) is 44.4 Å². The Labute approximate surface area is 128 Å². The summed E-state index contributed by atoms with van der Waals surface area (Å²) >= 11 is 0. The minimum atomic E-state index is -2.80. The highest BCUT2D eigenvalue weighted by molar-refractivity contribution is 5.74.